The third-order valence-electron chi connectivity index (χ3n) is 3.01. The Balaban J connectivity index is 1.87. The molecule has 1 aromatic heterocycles. The van der Waals surface area contributed by atoms with Crippen LogP contribution in [0.5, 0.6) is 5.75 Å². The normalized spacial score (nSPS) is 14.8. The number of ether oxygens (including phenoxy) is 1. The van der Waals surface area contributed by atoms with Crippen molar-refractivity contribution in [1.82, 2.24) is 0 Å². The molecule has 94 valence electrons. The molecule has 0 radical (unpaired) electrons. The fourth-order valence-corrected chi connectivity index (χ4v) is 3.69. The van der Waals surface area contributed by atoms with E-state index in [9.17, 15) is 0 Å². The number of para-hydroxylation sites is 2. The fourth-order valence-electron chi connectivity index (χ4n) is 2.19. The van der Waals surface area contributed by atoms with Crippen LogP contribution in [0, 0.1) is 0 Å². The summed E-state index contributed by atoms with van der Waals surface area (Å²) in [6, 6.07) is 12.6. The summed E-state index contributed by atoms with van der Waals surface area (Å²) >= 11 is 5.32. The first kappa shape index (κ1) is 12.1. The summed E-state index contributed by atoms with van der Waals surface area (Å²) in [5, 5.41) is 0. The highest BCUT2D eigenvalue weighted by Gasteiger charge is 2.16. The molecular formula is C14H14BrNOS. The Hall–Kier alpha value is -1.00. The molecule has 18 heavy (non-hydrogen) atoms. The number of anilines is 1. The van der Waals surface area contributed by atoms with Gasteiger partial charge < -0.3 is 9.64 Å². The van der Waals surface area contributed by atoms with E-state index in [2.05, 4.69) is 51.2 Å². The van der Waals surface area contributed by atoms with E-state index in [4.69, 9.17) is 4.74 Å². The molecule has 0 saturated carbocycles. The molecule has 0 amide bonds. The van der Waals surface area contributed by atoms with E-state index in [-0.39, 0.29) is 0 Å². The predicted octanol–water partition coefficient (Wildman–Crippen LogP) is 4.30. The molecule has 3 rings (SSSR count). The van der Waals surface area contributed by atoms with Gasteiger partial charge in [0.15, 0.2) is 0 Å². The largest absolute Gasteiger partial charge is 0.491 e. The van der Waals surface area contributed by atoms with Crippen molar-refractivity contribution in [2.45, 2.75) is 13.0 Å². The summed E-state index contributed by atoms with van der Waals surface area (Å²) in [4.78, 5) is 3.78. The number of hydrogen-bond acceptors (Lipinski definition) is 3. The second kappa shape index (κ2) is 5.33. The summed E-state index contributed by atoms with van der Waals surface area (Å²) < 4.78 is 6.97. The molecule has 0 N–H and O–H groups in total. The van der Waals surface area contributed by atoms with E-state index in [0.29, 0.717) is 0 Å². The topological polar surface area (TPSA) is 12.5 Å². The van der Waals surface area contributed by atoms with Gasteiger partial charge in [0, 0.05) is 11.4 Å². The number of benzene rings is 1. The molecule has 0 fully saturated rings. The maximum Gasteiger partial charge on any atom is 0.142 e. The smallest absolute Gasteiger partial charge is 0.142 e. The molecule has 1 aromatic carbocycles. The summed E-state index contributed by atoms with van der Waals surface area (Å²) in [5.41, 5.74) is 1.21. The van der Waals surface area contributed by atoms with E-state index in [1.54, 1.807) is 11.3 Å². The minimum atomic E-state index is 0.807. The van der Waals surface area contributed by atoms with Gasteiger partial charge in [-0.1, -0.05) is 12.1 Å². The zero-order valence-corrected chi connectivity index (χ0v) is 12.3. The van der Waals surface area contributed by atoms with Crippen molar-refractivity contribution in [2.75, 3.05) is 18.1 Å². The molecule has 2 nitrogen and oxygen atoms in total. The quantitative estimate of drug-likeness (QED) is 0.817. The Bertz CT molecular complexity index is 540. The average Bonchev–Trinajstić information content (AvgIpc) is 2.68. The average molecular weight is 324 g/mol. The van der Waals surface area contributed by atoms with Gasteiger partial charge in [-0.3, -0.25) is 0 Å². The number of nitrogens with zero attached hydrogens (tertiary/aromatic N) is 1. The number of thiophene rings is 1. The molecule has 0 unspecified atom stereocenters. The third kappa shape index (κ3) is 2.54. The van der Waals surface area contributed by atoms with E-state index < -0.39 is 0 Å². The molecule has 2 heterocycles. The van der Waals surface area contributed by atoms with Gasteiger partial charge >= 0.3 is 0 Å². The first-order valence-corrected chi connectivity index (χ1v) is 7.65. The van der Waals surface area contributed by atoms with Crippen LogP contribution in [-0.4, -0.2) is 13.2 Å². The molecule has 1 aliphatic rings. The van der Waals surface area contributed by atoms with Gasteiger partial charge in [0.05, 0.1) is 22.6 Å². The third-order valence-corrected chi connectivity index (χ3v) is 4.62. The zero-order chi connectivity index (χ0) is 12.4. The molecule has 2 aromatic rings. The lowest BCUT2D eigenvalue weighted by atomic mass is 10.2. The van der Waals surface area contributed by atoms with Crippen molar-refractivity contribution in [2.24, 2.45) is 0 Å². The fraction of sp³-hybridized carbons (Fsp3) is 0.286. The van der Waals surface area contributed by atoms with Gasteiger partial charge in [-0.25, -0.2) is 0 Å². The summed E-state index contributed by atoms with van der Waals surface area (Å²) in [7, 11) is 0. The van der Waals surface area contributed by atoms with Crippen LogP contribution in [-0.2, 0) is 6.54 Å². The van der Waals surface area contributed by atoms with Crippen LogP contribution < -0.4 is 9.64 Å². The van der Waals surface area contributed by atoms with E-state index >= 15 is 0 Å². The standard InChI is InChI=1S/C14H14BrNOS/c15-14-7-6-11(18-14)10-16-8-3-9-17-13-5-2-1-4-12(13)16/h1-2,4-7H,3,8-10H2. The Morgan fingerprint density at radius 3 is 2.94 bits per heavy atom. The van der Waals surface area contributed by atoms with Gasteiger partial charge in [0.25, 0.3) is 0 Å². The number of hydrogen-bond donors (Lipinski definition) is 0. The highest BCUT2D eigenvalue weighted by atomic mass is 79.9. The van der Waals surface area contributed by atoms with Crippen LogP contribution in [0.15, 0.2) is 40.2 Å². The lowest BCUT2D eigenvalue weighted by Crippen LogP contribution is -2.22. The highest BCUT2D eigenvalue weighted by molar-refractivity contribution is 9.11. The van der Waals surface area contributed by atoms with Crippen LogP contribution in [0.2, 0.25) is 0 Å². The van der Waals surface area contributed by atoms with Gasteiger partial charge in [0.1, 0.15) is 5.75 Å². The lowest BCUT2D eigenvalue weighted by Gasteiger charge is -2.22. The Morgan fingerprint density at radius 2 is 2.11 bits per heavy atom. The predicted molar refractivity (Wildman–Crippen MR) is 79.6 cm³/mol. The molecule has 0 saturated heterocycles. The Kier molecular flexibility index (Phi) is 3.57. The minimum Gasteiger partial charge on any atom is -0.491 e. The SMILES string of the molecule is Brc1ccc(CN2CCCOc3ccccc32)s1. The van der Waals surface area contributed by atoms with Crippen molar-refractivity contribution >= 4 is 33.0 Å². The monoisotopic (exact) mass is 323 g/mol. The van der Waals surface area contributed by atoms with Gasteiger partial charge in [-0.2, -0.15) is 0 Å². The molecular weight excluding hydrogens is 310 g/mol. The van der Waals surface area contributed by atoms with E-state index in [1.807, 2.05) is 6.07 Å². The molecule has 0 bridgehead atoms. The molecule has 1 aliphatic heterocycles. The summed E-state index contributed by atoms with van der Waals surface area (Å²) in [6.07, 6.45) is 1.07. The van der Waals surface area contributed by atoms with Crippen LogP contribution in [0.25, 0.3) is 0 Å². The van der Waals surface area contributed by atoms with Crippen LogP contribution in [0.1, 0.15) is 11.3 Å². The molecule has 0 aliphatic carbocycles. The van der Waals surface area contributed by atoms with Crippen LogP contribution >= 0.6 is 27.3 Å². The Morgan fingerprint density at radius 1 is 1.22 bits per heavy atom. The van der Waals surface area contributed by atoms with E-state index in [1.165, 1.54) is 14.4 Å². The molecule has 0 spiro atoms. The van der Waals surface area contributed by atoms with Crippen molar-refractivity contribution in [1.29, 1.82) is 0 Å². The number of halogens is 1. The summed E-state index contributed by atoms with van der Waals surface area (Å²) in [6.45, 7) is 2.81. The first-order valence-electron chi connectivity index (χ1n) is 6.04. The zero-order valence-electron chi connectivity index (χ0n) is 9.93. The minimum absolute atomic E-state index is 0.807. The van der Waals surface area contributed by atoms with Gasteiger partial charge in [0.2, 0.25) is 0 Å². The molecule has 0 atom stereocenters. The second-order valence-corrected chi connectivity index (χ2v) is 6.84. The van der Waals surface area contributed by atoms with Gasteiger partial charge in [-0.15, -0.1) is 11.3 Å². The maximum atomic E-state index is 5.77. The summed E-state index contributed by atoms with van der Waals surface area (Å²) in [5.74, 6) is 1.01. The first-order chi connectivity index (χ1) is 8.83. The highest BCUT2D eigenvalue weighted by Crippen LogP contribution is 2.33. The molecule has 4 heteroatoms. The van der Waals surface area contributed by atoms with Crippen molar-refractivity contribution in [3.63, 3.8) is 0 Å². The number of rotatable bonds is 2. The van der Waals surface area contributed by atoms with Crippen LogP contribution in [0.4, 0.5) is 5.69 Å². The Labute approximate surface area is 119 Å². The van der Waals surface area contributed by atoms with Crippen molar-refractivity contribution < 1.29 is 4.74 Å². The lowest BCUT2D eigenvalue weighted by molar-refractivity contribution is 0.322. The second-order valence-electron chi connectivity index (χ2n) is 4.30. The number of fused-ring (bicyclic) bond motifs is 1. The van der Waals surface area contributed by atoms with Gasteiger partial charge in [-0.05, 0) is 46.6 Å². The maximum absolute atomic E-state index is 5.77. The van der Waals surface area contributed by atoms with Crippen molar-refractivity contribution in [3.8, 4) is 5.75 Å². The van der Waals surface area contributed by atoms with E-state index in [0.717, 1.165) is 31.9 Å². The van der Waals surface area contributed by atoms with Crippen molar-refractivity contribution in [3.05, 3.63) is 45.1 Å². The van der Waals surface area contributed by atoms with Crippen LogP contribution in [0.3, 0.4) is 0 Å².